The van der Waals surface area contributed by atoms with E-state index in [1.165, 1.54) is 11.1 Å². The Kier molecular flexibility index (Phi) is 5.43. The van der Waals surface area contributed by atoms with Crippen molar-refractivity contribution in [1.82, 2.24) is 5.32 Å². The molecule has 0 radical (unpaired) electrons. The maximum atomic E-state index is 12.2. The highest BCUT2D eigenvalue weighted by molar-refractivity contribution is 5.70. The highest BCUT2D eigenvalue weighted by Gasteiger charge is 2.29. The van der Waals surface area contributed by atoms with Crippen molar-refractivity contribution < 1.29 is 9.53 Å². The summed E-state index contributed by atoms with van der Waals surface area (Å²) in [5.41, 5.74) is 2.43. The van der Waals surface area contributed by atoms with E-state index in [4.69, 9.17) is 4.74 Å². The summed E-state index contributed by atoms with van der Waals surface area (Å²) in [4.78, 5) is 12.2. The molecule has 23 heavy (non-hydrogen) atoms. The molecule has 2 atom stereocenters. The molecule has 1 aliphatic rings. The number of aryl methyl sites for hydroxylation is 1. The van der Waals surface area contributed by atoms with E-state index in [0.29, 0.717) is 6.42 Å². The van der Waals surface area contributed by atoms with Crippen LogP contribution in [0.25, 0.3) is 0 Å². The second-order valence-electron chi connectivity index (χ2n) is 6.02. The van der Waals surface area contributed by atoms with E-state index in [9.17, 15) is 4.79 Å². The zero-order valence-electron chi connectivity index (χ0n) is 13.3. The number of benzene rings is 2. The molecular formula is C20H23NO2. The van der Waals surface area contributed by atoms with Gasteiger partial charge in [0, 0.05) is 18.9 Å². The van der Waals surface area contributed by atoms with E-state index in [0.717, 1.165) is 25.9 Å². The van der Waals surface area contributed by atoms with Gasteiger partial charge in [-0.1, -0.05) is 60.7 Å². The highest BCUT2D eigenvalue weighted by Crippen LogP contribution is 2.27. The number of ether oxygens (including phenoxy) is 1. The minimum Gasteiger partial charge on any atom is -0.460 e. The van der Waals surface area contributed by atoms with Crippen molar-refractivity contribution >= 4 is 5.97 Å². The summed E-state index contributed by atoms with van der Waals surface area (Å²) in [6.45, 7) is 1.70. The number of carbonyl (C=O) groups is 1. The van der Waals surface area contributed by atoms with E-state index in [2.05, 4.69) is 17.4 Å². The van der Waals surface area contributed by atoms with Crippen LogP contribution in [0.3, 0.4) is 0 Å². The van der Waals surface area contributed by atoms with Gasteiger partial charge in [-0.2, -0.15) is 0 Å². The van der Waals surface area contributed by atoms with E-state index < -0.39 is 0 Å². The van der Waals surface area contributed by atoms with Crippen molar-refractivity contribution in [1.29, 1.82) is 0 Å². The van der Waals surface area contributed by atoms with Crippen molar-refractivity contribution in [3.8, 4) is 0 Å². The van der Waals surface area contributed by atoms with E-state index >= 15 is 0 Å². The number of esters is 1. The third-order valence-corrected chi connectivity index (χ3v) is 4.40. The molecule has 0 bridgehead atoms. The van der Waals surface area contributed by atoms with Gasteiger partial charge in [0.25, 0.3) is 0 Å². The first-order chi connectivity index (χ1) is 11.3. The molecule has 2 aromatic carbocycles. The maximum absolute atomic E-state index is 12.2. The Labute approximate surface area is 137 Å². The molecule has 120 valence electrons. The summed E-state index contributed by atoms with van der Waals surface area (Å²) >= 11 is 0. The minimum atomic E-state index is -0.108. The summed E-state index contributed by atoms with van der Waals surface area (Å²) in [5.74, 6) is 0.182. The van der Waals surface area contributed by atoms with Crippen LogP contribution in [-0.4, -0.2) is 25.2 Å². The fourth-order valence-electron chi connectivity index (χ4n) is 3.15. The molecule has 3 rings (SSSR count). The molecule has 1 fully saturated rings. The minimum absolute atomic E-state index is 0.0746. The second kappa shape index (κ2) is 7.93. The molecule has 1 unspecified atom stereocenters. The van der Waals surface area contributed by atoms with Gasteiger partial charge in [-0.25, -0.2) is 0 Å². The number of piperidine rings is 1. The monoisotopic (exact) mass is 309 g/mol. The zero-order chi connectivity index (χ0) is 15.9. The average Bonchev–Trinajstić information content (AvgIpc) is 2.62. The predicted molar refractivity (Wildman–Crippen MR) is 91.3 cm³/mol. The van der Waals surface area contributed by atoms with E-state index in [1.54, 1.807) is 0 Å². The molecule has 1 aliphatic heterocycles. The molecule has 3 nitrogen and oxygen atoms in total. The van der Waals surface area contributed by atoms with Gasteiger partial charge < -0.3 is 10.1 Å². The third kappa shape index (κ3) is 4.42. The van der Waals surface area contributed by atoms with Crippen LogP contribution in [0, 0.1) is 0 Å². The van der Waals surface area contributed by atoms with Crippen molar-refractivity contribution in [2.24, 2.45) is 0 Å². The first-order valence-corrected chi connectivity index (χ1v) is 8.32. The van der Waals surface area contributed by atoms with Crippen LogP contribution < -0.4 is 5.32 Å². The van der Waals surface area contributed by atoms with E-state index in [-0.39, 0.29) is 18.0 Å². The molecular weight excluding hydrogens is 286 g/mol. The van der Waals surface area contributed by atoms with Crippen molar-refractivity contribution in [3.63, 3.8) is 0 Å². The third-order valence-electron chi connectivity index (χ3n) is 4.40. The van der Waals surface area contributed by atoms with Gasteiger partial charge in [0.15, 0.2) is 0 Å². The largest absolute Gasteiger partial charge is 0.460 e. The Balaban J connectivity index is 1.57. The number of hydrogen-bond donors (Lipinski definition) is 1. The fraction of sp³-hybridized carbons (Fsp3) is 0.350. The SMILES string of the molecule is O=C(CCc1ccccc1)O[C@H]1CNCCC1c1ccccc1. The van der Waals surface area contributed by atoms with Crippen LogP contribution in [0.4, 0.5) is 0 Å². The Bertz CT molecular complexity index is 612. The van der Waals surface area contributed by atoms with Gasteiger partial charge in [0.1, 0.15) is 6.10 Å². The summed E-state index contributed by atoms with van der Waals surface area (Å²) in [7, 11) is 0. The number of rotatable bonds is 5. The molecule has 1 heterocycles. The summed E-state index contributed by atoms with van der Waals surface area (Å²) in [6.07, 6.45) is 2.09. The lowest BCUT2D eigenvalue weighted by atomic mass is 9.88. The van der Waals surface area contributed by atoms with Gasteiger partial charge in [0.05, 0.1) is 0 Å². The van der Waals surface area contributed by atoms with Crippen molar-refractivity contribution in [2.75, 3.05) is 13.1 Å². The lowest BCUT2D eigenvalue weighted by molar-refractivity contribution is -0.150. The Hall–Kier alpha value is -2.13. The quantitative estimate of drug-likeness (QED) is 0.861. The Morgan fingerprint density at radius 3 is 2.48 bits per heavy atom. The molecule has 1 saturated heterocycles. The zero-order valence-corrected chi connectivity index (χ0v) is 13.3. The van der Waals surface area contributed by atoms with Crippen LogP contribution in [-0.2, 0) is 16.0 Å². The summed E-state index contributed by atoms with van der Waals surface area (Å²) < 4.78 is 5.78. The lowest BCUT2D eigenvalue weighted by Gasteiger charge is -2.32. The molecule has 0 aliphatic carbocycles. The van der Waals surface area contributed by atoms with Gasteiger partial charge >= 0.3 is 5.97 Å². The summed E-state index contributed by atoms with van der Waals surface area (Å²) in [5, 5.41) is 3.34. The normalized spacial score (nSPS) is 20.9. The van der Waals surface area contributed by atoms with Gasteiger partial charge in [-0.15, -0.1) is 0 Å². The van der Waals surface area contributed by atoms with Crippen LogP contribution in [0.5, 0.6) is 0 Å². The maximum Gasteiger partial charge on any atom is 0.306 e. The van der Waals surface area contributed by atoms with Crippen LogP contribution >= 0.6 is 0 Å². The van der Waals surface area contributed by atoms with E-state index in [1.807, 2.05) is 48.5 Å². The lowest BCUT2D eigenvalue weighted by Crippen LogP contribution is -2.42. The second-order valence-corrected chi connectivity index (χ2v) is 6.02. The Morgan fingerprint density at radius 2 is 1.74 bits per heavy atom. The highest BCUT2D eigenvalue weighted by atomic mass is 16.5. The van der Waals surface area contributed by atoms with Crippen molar-refractivity contribution in [2.45, 2.75) is 31.3 Å². The summed E-state index contributed by atoms with van der Waals surface area (Å²) in [6, 6.07) is 20.4. The van der Waals surface area contributed by atoms with Gasteiger partial charge in [-0.05, 0) is 30.5 Å². The van der Waals surface area contributed by atoms with Crippen LogP contribution in [0.15, 0.2) is 60.7 Å². The molecule has 0 spiro atoms. The standard InChI is InChI=1S/C20H23NO2/c22-20(12-11-16-7-3-1-4-8-16)23-19-15-21-14-13-18(19)17-9-5-2-6-10-17/h1-10,18-19,21H,11-15H2/t18?,19-/m0/s1. The molecule has 0 amide bonds. The molecule has 1 N–H and O–H groups in total. The predicted octanol–water partition coefficient (Wildman–Crippen LogP) is 3.31. The Morgan fingerprint density at radius 1 is 1.04 bits per heavy atom. The van der Waals surface area contributed by atoms with Crippen LogP contribution in [0.1, 0.15) is 29.9 Å². The molecule has 2 aromatic rings. The molecule has 3 heteroatoms. The number of carbonyl (C=O) groups excluding carboxylic acids is 1. The average molecular weight is 309 g/mol. The number of hydrogen-bond acceptors (Lipinski definition) is 3. The van der Waals surface area contributed by atoms with Crippen molar-refractivity contribution in [3.05, 3.63) is 71.8 Å². The van der Waals surface area contributed by atoms with Gasteiger partial charge in [-0.3, -0.25) is 4.79 Å². The first kappa shape index (κ1) is 15.8. The van der Waals surface area contributed by atoms with Crippen LogP contribution in [0.2, 0.25) is 0 Å². The van der Waals surface area contributed by atoms with Gasteiger partial charge in [0.2, 0.25) is 0 Å². The number of nitrogens with one attached hydrogen (secondary N) is 1. The first-order valence-electron chi connectivity index (χ1n) is 8.32. The fourth-order valence-corrected chi connectivity index (χ4v) is 3.15. The molecule has 0 aromatic heterocycles. The molecule has 0 saturated carbocycles. The smallest absolute Gasteiger partial charge is 0.306 e. The topological polar surface area (TPSA) is 38.3 Å².